The maximum absolute atomic E-state index is 10.5. The van der Waals surface area contributed by atoms with Crippen molar-refractivity contribution in [2.24, 2.45) is 5.92 Å². The lowest BCUT2D eigenvalue weighted by molar-refractivity contribution is 0.0917. The summed E-state index contributed by atoms with van der Waals surface area (Å²) in [5.74, 6) is 0.682. The standard InChI is InChI=1S/C14H21ClN2O/c15-11-8-12(14(16)17-9-11)13(18)10-6-4-2-1-3-5-7-10/h8-10,13,18H,1-7H2,(H2,16,17). The minimum atomic E-state index is -0.533. The number of aliphatic hydroxyl groups is 1. The fraction of sp³-hybridized carbons (Fsp3) is 0.643. The largest absolute Gasteiger partial charge is 0.388 e. The molecular formula is C14H21ClN2O. The summed E-state index contributed by atoms with van der Waals surface area (Å²) in [7, 11) is 0. The van der Waals surface area contributed by atoms with Crippen LogP contribution in [0.15, 0.2) is 12.3 Å². The molecule has 2 rings (SSSR count). The van der Waals surface area contributed by atoms with Gasteiger partial charge in [0, 0.05) is 11.8 Å². The molecule has 18 heavy (non-hydrogen) atoms. The zero-order valence-corrected chi connectivity index (χ0v) is 11.4. The number of pyridine rings is 1. The first-order chi connectivity index (χ1) is 8.68. The highest BCUT2D eigenvalue weighted by Gasteiger charge is 2.23. The quantitative estimate of drug-likeness (QED) is 0.860. The van der Waals surface area contributed by atoms with E-state index in [0.717, 1.165) is 12.8 Å². The van der Waals surface area contributed by atoms with E-state index in [9.17, 15) is 5.11 Å². The molecule has 1 unspecified atom stereocenters. The number of hydrogen-bond acceptors (Lipinski definition) is 3. The van der Waals surface area contributed by atoms with E-state index in [2.05, 4.69) is 4.98 Å². The van der Waals surface area contributed by atoms with Gasteiger partial charge in [0.15, 0.2) is 0 Å². The van der Waals surface area contributed by atoms with Gasteiger partial charge in [0.25, 0.3) is 0 Å². The third kappa shape index (κ3) is 3.36. The van der Waals surface area contributed by atoms with Crippen molar-refractivity contribution >= 4 is 17.4 Å². The molecule has 1 aromatic rings. The summed E-state index contributed by atoms with van der Waals surface area (Å²) in [6, 6.07) is 1.74. The number of aromatic nitrogens is 1. The second-order valence-corrected chi connectivity index (χ2v) is 5.61. The normalized spacial score (nSPS) is 20.1. The van der Waals surface area contributed by atoms with Crippen molar-refractivity contribution in [3.8, 4) is 0 Å². The average Bonchev–Trinajstić information content (AvgIpc) is 2.31. The number of nitrogens with zero attached hydrogens (tertiary/aromatic N) is 1. The molecule has 100 valence electrons. The molecule has 0 amide bonds. The molecule has 3 N–H and O–H groups in total. The van der Waals surface area contributed by atoms with Crippen LogP contribution in [0, 0.1) is 5.92 Å². The van der Waals surface area contributed by atoms with Crippen molar-refractivity contribution in [3.05, 3.63) is 22.8 Å². The Labute approximate surface area is 113 Å². The van der Waals surface area contributed by atoms with Gasteiger partial charge < -0.3 is 10.8 Å². The summed E-state index contributed by atoms with van der Waals surface area (Å²) >= 11 is 5.93. The van der Waals surface area contributed by atoms with Crippen molar-refractivity contribution < 1.29 is 5.11 Å². The molecule has 1 fully saturated rings. The Morgan fingerprint density at radius 3 is 2.50 bits per heavy atom. The van der Waals surface area contributed by atoms with Crippen LogP contribution in [0.4, 0.5) is 5.82 Å². The van der Waals surface area contributed by atoms with E-state index in [4.69, 9.17) is 17.3 Å². The Kier molecular flexibility index (Phi) is 4.84. The third-order valence-electron chi connectivity index (χ3n) is 3.83. The van der Waals surface area contributed by atoms with Gasteiger partial charge in [-0.1, -0.05) is 43.7 Å². The molecule has 1 heterocycles. The summed E-state index contributed by atoms with van der Waals surface area (Å²) in [6.45, 7) is 0. The number of nitrogen functional groups attached to an aromatic ring is 1. The zero-order chi connectivity index (χ0) is 13.0. The van der Waals surface area contributed by atoms with Crippen LogP contribution in [0.3, 0.4) is 0 Å². The second kappa shape index (κ2) is 6.39. The summed E-state index contributed by atoms with van der Waals surface area (Å²) in [5, 5.41) is 11.0. The van der Waals surface area contributed by atoms with Crippen LogP contribution in [0.2, 0.25) is 5.02 Å². The molecule has 0 radical (unpaired) electrons. The van der Waals surface area contributed by atoms with Gasteiger partial charge >= 0.3 is 0 Å². The minimum Gasteiger partial charge on any atom is -0.388 e. The maximum atomic E-state index is 10.5. The Bertz CT molecular complexity index is 389. The van der Waals surface area contributed by atoms with Gasteiger partial charge in [-0.25, -0.2) is 4.98 Å². The molecule has 1 aromatic heterocycles. The highest BCUT2D eigenvalue weighted by Crippen LogP contribution is 2.35. The molecule has 0 bridgehead atoms. The number of hydrogen-bond donors (Lipinski definition) is 2. The summed E-state index contributed by atoms with van der Waals surface area (Å²) in [5.41, 5.74) is 6.53. The second-order valence-electron chi connectivity index (χ2n) is 5.18. The van der Waals surface area contributed by atoms with Crippen LogP contribution in [-0.2, 0) is 0 Å². The fourth-order valence-electron chi connectivity index (χ4n) is 2.76. The molecule has 1 aliphatic rings. The van der Waals surface area contributed by atoms with E-state index >= 15 is 0 Å². The van der Waals surface area contributed by atoms with Crippen molar-refractivity contribution in [2.45, 2.75) is 51.0 Å². The van der Waals surface area contributed by atoms with Gasteiger partial charge in [-0.2, -0.15) is 0 Å². The molecule has 1 aliphatic carbocycles. The van der Waals surface area contributed by atoms with E-state index < -0.39 is 6.10 Å². The predicted molar refractivity (Wildman–Crippen MR) is 74.4 cm³/mol. The Balaban J connectivity index is 2.12. The first kappa shape index (κ1) is 13.6. The van der Waals surface area contributed by atoms with Crippen LogP contribution >= 0.6 is 11.6 Å². The predicted octanol–water partition coefficient (Wildman–Crippen LogP) is 3.71. The van der Waals surface area contributed by atoms with Crippen molar-refractivity contribution in [1.29, 1.82) is 0 Å². The van der Waals surface area contributed by atoms with Gasteiger partial charge in [0.05, 0.1) is 11.1 Å². The van der Waals surface area contributed by atoms with Crippen molar-refractivity contribution in [2.75, 3.05) is 5.73 Å². The van der Waals surface area contributed by atoms with E-state index in [0.29, 0.717) is 16.4 Å². The average molecular weight is 269 g/mol. The first-order valence-corrected chi connectivity index (χ1v) is 7.15. The van der Waals surface area contributed by atoms with Crippen LogP contribution in [0.5, 0.6) is 0 Å². The number of anilines is 1. The minimum absolute atomic E-state index is 0.285. The van der Waals surface area contributed by atoms with Crippen LogP contribution < -0.4 is 5.73 Å². The van der Waals surface area contributed by atoms with Crippen LogP contribution in [0.25, 0.3) is 0 Å². The number of aliphatic hydroxyl groups excluding tert-OH is 1. The SMILES string of the molecule is Nc1ncc(Cl)cc1C(O)C1CCCCCCC1. The summed E-state index contributed by atoms with van der Waals surface area (Å²) in [4.78, 5) is 4.02. The van der Waals surface area contributed by atoms with Gasteiger partial charge in [-0.15, -0.1) is 0 Å². The van der Waals surface area contributed by atoms with Crippen molar-refractivity contribution in [3.63, 3.8) is 0 Å². The maximum Gasteiger partial charge on any atom is 0.129 e. The molecule has 3 nitrogen and oxygen atoms in total. The molecule has 0 spiro atoms. The van der Waals surface area contributed by atoms with E-state index in [1.165, 1.54) is 38.3 Å². The van der Waals surface area contributed by atoms with Gasteiger partial charge in [-0.05, 0) is 24.8 Å². The van der Waals surface area contributed by atoms with Crippen molar-refractivity contribution in [1.82, 2.24) is 4.98 Å². The third-order valence-corrected chi connectivity index (χ3v) is 4.04. The zero-order valence-electron chi connectivity index (χ0n) is 10.6. The fourth-order valence-corrected chi connectivity index (χ4v) is 2.93. The Morgan fingerprint density at radius 2 is 1.83 bits per heavy atom. The smallest absolute Gasteiger partial charge is 0.129 e. The van der Waals surface area contributed by atoms with Gasteiger partial charge in [-0.3, -0.25) is 0 Å². The molecule has 4 heteroatoms. The van der Waals surface area contributed by atoms with Crippen LogP contribution in [-0.4, -0.2) is 10.1 Å². The molecule has 0 saturated heterocycles. The van der Waals surface area contributed by atoms with Crippen LogP contribution in [0.1, 0.15) is 56.6 Å². The molecular weight excluding hydrogens is 248 g/mol. The lowest BCUT2D eigenvalue weighted by Gasteiger charge is -2.25. The Morgan fingerprint density at radius 1 is 1.22 bits per heavy atom. The monoisotopic (exact) mass is 268 g/mol. The number of halogens is 1. The molecule has 1 atom stereocenters. The Hall–Kier alpha value is -0.800. The highest BCUT2D eigenvalue weighted by molar-refractivity contribution is 6.30. The molecule has 1 saturated carbocycles. The van der Waals surface area contributed by atoms with Gasteiger partial charge in [0.2, 0.25) is 0 Å². The topological polar surface area (TPSA) is 59.1 Å². The van der Waals surface area contributed by atoms with E-state index in [1.807, 2.05) is 0 Å². The molecule has 0 aromatic carbocycles. The van der Waals surface area contributed by atoms with E-state index in [1.54, 1.807) is 6.07 Å². The lowest BCUT2D eigenvalue weighted by atomic mass is 9.84. The number of nitrogens with two attached hydrogens (primary N) is 1. The first-order valence-electron chi connectivity index (χ1n) is 6.77. The van der Waals surface area contributed by atoms with E-state index in [-0.39, 0.29) is 5.92 Å². The summed E-state index contributed by atoms with van der Waals surface area (Å²) < 4.78 is 0. The van der Waals surface area contributed by atoms with Gasteiger partial charge in [0.1, 0.15) is 5.82 Å². The lowest BCUT2D eigenvalue weighted by Crippen LogP contribution is -2.16. The number of rotatable bonds is 2. The summed E-state index contributed by atoms with van der Waals surface area (Å²) in [6.07, 6.45) is 9.36. The highest BCUT2D eigenvalue weighted by atomic mass is 35.5. The molecule has 0 aliphatic heterocycles.